The van der Waals surface area contributed by atoms with Gasteiger partial charge >= 0.3 is 0 Å². The zero-order chi connectivity index (χ0) is 23.8. The maximum Gasteiger partial charge on any atom is 0.264 e. The van der Waals surface area contributed by atoms with Gasteiger partial charge in [0.2, 0.25) is 0 Å². The second kappa shape index (κ2) is 9.12. The Morgan fingerprint density at radius 3 is 2.64 bits per heavy atom. The van der Waals surface area contributed by atoms with Crippen molar-refractivity contribution in [3.63, 3.8) is 0 Å². The lowest BCUT2D eigenvalue weighted by Gasteiger charge is -2.18. The number of hydrogen-bond donors (Lipinski definition) is 2. The average molecular weight is 553 g/mol. The summed E-state index contributed by atoms with van der Waals surface area (Å²) in [5.41, 5.74) is 0.766. The van der Waals surface area contributed by atoms with Crippen LogP contribution in [0.15, 0.2) is 64.0 Å². The Balaban J connectivity index is 1.65. The molecule has 170 valence electrons. The minimum absolute atomic E-state index is 0.00819. The Morgan fingerprint density at radius 2 is 1.88 bits per heavy atom. The third-order valence-corrected chi connectivity index (χ3v) is 7.22. The molecular formula is C21H15BrF2N4O3S2. The molecule has 1 aromatic heterocycles. The van der Waals surface area contributed by atoms with Crippen LogP contribution < -0.4 is 10.0 Å². The fourth-order valence-electron chi connectivity index (χ4n) is 3.20. The third kappa shape index (κ3) is 4.87. The fourth-order valence-corrected chi connectivity index (χ4v) is 5.40. The van der Waals surface area contributed by atoms with Gasteiger partial charge in [0.15, 0.2) is 0 Å². The van der Waals surface area contributed by atoms with Gasteiger partial charge in [0.05, 0.1) is 29.0 Å². The predicted molar refractivity (Wildman–Crippen MR) is 125 cm³/mol. The maximum atomic E-state index is 14.1. The van der Waals surface area contributed by atoms with E-state index in [0.717, 1.165) is 23.9 Å². The van der Waals surface area contributed by atoms with Crippen molar-refractivity contribution in [2.45, 2.75) is 17.9 Å². The second-order valence-corrected chi connectivity index (χ2v) is 10.1. The highest BCUT2D eigenvalue weighted by Gasteiger charge is 2.24. The zero-order valence-corrected chi connectivity index (χ0v) is 20.1. The SMILES string of the molecule is C[C@@H](NC(=O)c1ccc(Br)cc1NS(=O)(=O)c1cccc2nsnc12)c1ccc(F)cc1F. The van der Waals surface area contributed by atoms with Gasteiger partial charge in [-0.3, -0.25) is 9.52 Å². The van der Waals surface area contributed by atoms with Crippen LogP contribution >= 0.6 is 27.7 Å². The number of sulfonamides is 1. The van der Waals surface area contributed by atoms with Crippen molar-refractivity contribution >= 4 is 60.3 Å². The highest BCUT2D eigenvalue weighted by Crippen LogP contribution is 2.28. The van der Waals surface area contributed by atoms with Crippen molar-refractivity contribution in [1.82, 2.24) is 14.1 Å². The molecule has 0 unspecified atom stereocenters. The van der Waals surface area contributed by atoms with E-state index in [4.69, 9.17) is 0 Å². The maximum absolute atomic E-state index is 14.1. The summed E-state index contributed by atoms with van der Waals surface area (Å²) in [5.74, 6) is -2.18. The van der Waals surface area contributed by atoms with Crippen molar-refractivity contribution in [1.29, 1.82) is 0 Å². The predicted octanol–water partition coefficient (Wildman–Crippen LogP) is 5.02. The lowest BCUT2D eigenvalue weighted by atomic mass is 10.1. The smallest absolute Gasteiger partial charge is 0.264 e. The molecule has 0 bridgehead atoms. The molecule has 2 N–H and O–H groups in total. The van der Waals surface area contributed by atoms with Crippen molar-refractivity contribution in [3.05, 3.63) is 81.8 Å². The standard InChI is InChI=1S/C21H15BrF2N4O3S2/c1-11(14-8-6-13(23)10-16(14)24)25-21(29)15-7-5-12(22)9-18(15)28-33(30,31)19-4-2-3-17-20(19)27-32-26-17/h2-11,28H,1H3,(H,25,29)/t11-/m1/s1. The normalized spacial score (nSPS) is 12.5. The van der Waals surface area contributed by atoms with Gasteiger partial charge < -0.3 is 5.32 Å². The molecule has 4 aromatic rings. The molecule has 0 saturated carbocycles. The molecule has 7 nitrogen and oxygen atoms in total. The van der Waals surface area contributed by atoms with Gasteiger partial charge in [0.1, 0.15) is 27.6 Å². The summed E-state index contributed by atoms with van der Waals surface area (Å²) < 4.78 is 64.6. The first-order valence-electron chi connectivity index (χ1n) is 9.45. The molecule has 0 aliphatic rings. The van der Waals surface area contributed by atoms with Gasteiger partial charge in [-0.15, -0.1) is 0 Å². The number of anilines is 1. The van der Waals surface area contributed by atoms with Crippen molar-refractivity contribution < 1.29 is 22.0 Å². The highest BCUT2D eigenvalue weighted by atomic mass is 79.9. The zero-order valence-electron chi connectivity index (χ0n) is 16.8. The van der Waals surface area contributed by atoms with Crippen LogP contribution in [-0.2, 0) is 10.0 Å². The number of rotatable bonds is 6. The summed E-state index contributed by atoms with van der Waals surface area (Å²) in [4.78, 5) is 12.9. The minimum atomic E-state index is -4.12. The van der Waals surface area contributed by atoms with Crippen LogP contribution in [0.4, 0.5) is 14.5 Å². The molecule has 1 atom stereocenters. The number of carbonyl (C=O) groups is 1. The van der Waals surface area contributed by atoms with Crippen LogP contribution in [0.25, 0.3) is 11.0 Å². The van der Waals surface area contributed by atoms with E-state index in [-0.39, 0.29) is 27.2 Å². The molecule has 33 heavy (non-hydrogen) atoms. The molecule has 1 amide bonds. The number of nitrogens with one attached hydrogen (secondary N) is 2. The summed E-state index contributed by atoms with van der Waals surface area (Å²) in [6.07, 6.45) is 0. The Morgan fingerprint density at radius 1 is 1.09 bits per heavy atom. The van der Waals surface area contributed by atoms with Gasteiger partial charge in [-0.05, 0) is 43.3 Å². The topological polar surface area (TPSA) is 101 Å². The number of hydrogen-bond acceptors (Lipinski definition) is 6. The summed E-state index contributed by atoms with van der Waals surface area (Å²) in [7, 11) is -4.12. The van der Waals surface area contributed by atoms with E-state index in [9.17, 15) is 22.0 Å². The highest BCUT2D eigenvalue weighted by molar-refractivity contribution is 9.10. The molecule has 1 heterocycles. The second-order valence-electron chi connectivity index (χ2n) is 7.04. The quantitative estimate of drug-likeness (QED) is 0.349. The van der Waals surface area contributed by atoms with E-state index < -0.39 is 33.6 Å². The lowest BCUT2D eigenvalue weighted by molar-refractivity contribution is 0.0940. The first kappa shape index (κ1) is 23.2. The molecule has 3 aromatic carbocycles. The minimum Gasteiger partial charge on any atom is -0.345 e. The van der Waals surface area contributed by atoms with E-state index in [1.54, 1.807) is 18.2 Å². The molecule has 0 aliphatic heterocycles. The largest absolute Gasteiger partial charge is 0.345 e. The number of nitrogens with zero attached hydrogens (tertiary/aromatic N) is 2. The number of benzene rings is 3. The Bertz CT molecular complexity index is 1480. The molecule has 0 spiro atoms. The van der Waals surface area contributed by atoms with Crippen LogP contribution in [0, 0.1) is 11.6 Å². The number of halogens is 3. The number of fused-ring (bicyclic) bond motifs is 1. The molecular weight excluding hydrogens is 538 g/mol. The fraction of sp³-hybridized carbons (Fsp3) is 0.0952. The summed E-state index contributed by atoms with van der Waals surface area (Å²) in [6.45, 7) is 1.53. The van der Waals surface area contributed by atoms with Crippen LogP contribution in [0.2, 0.25) is 0 Å². The van der Waals surface area contributed by atoms with Gasteiger partial charge in [-0.25, -0.2) is 17.2 Å². The molecule has 0 saturated heterocycles. The van der Waals surface area contributed by atoms with Gasteiger partial charge in [-0.2, -0.15) is 8.75 Å². The van der Waals surface area contributed by atoms with Crippen LogP contribution in [0.1, 0.15) is 28.9 Å². The van der Waals surface area contributed by atoms with E-state index in [0.29, 0.717) is 9.99 Å². The third-order valence-electron chi connectivity index (χ3n) is 4.79. The Hall–Kier alpha value is -2.96. The van der Waals surface area contributed by atoms with Gasteiger partial charge in [-0.1, -0.05) is 28.1 Å². The monoisotopic (exact) mass is 552 g/mol. The summed E-state index contributed by atoms with van der Waals surface area (Å²) in [6, 6.07) is 11.3. The number of aromatic nitrogens is 2. The molecule has 0 fully saturated rings. The van der Waals surface area contributed by atoms with E-state index >= 15 is 0 Å². The Kier molecular flexibility index (Phi) is 6.41. The van der Waals surface area contributed by atoms with Crippen LogP contribution in [0.3, 0.4) is 0 Å². The van der Waals surface area contributed by atoms with Crippen molar-refractivity contribution in [2.24, 2.45) is 0 Å². The first-order chi connectivity index (χ1) is 15.7. The van der Waals surface area contributed by atoms with E-state index in [2.05, 4.69) is 34.7 Å². The number of carbonyl (C=O) groups excluding carboxylic acids is 1. The summed E-state index contributed by atoms with van der Waals surface area (Å²) in [5, 5.41) is 2.61. The first-order valence-corrected chi connectivity index (χ1v) is 12.5. The Labute approximate surface area is 200 Å². The molecule has 4 rings (SSSR count). The van der Waals surface area contributed by atoms with E-state index in [1.165, 1.54) is 31.2 Å². The van der Waals surface area contributed by atoms with Gasteiger partial charge in [0, 0.05) is 16.1 Å². The van der Waals surface area contributed by atoms with E-state index in [1.807, 2.05) is 0 Å². The lowest BCUT2D eigenvalue weighted by Crippen LogP contribution is -2.28. The molecule has 0 radical (unpaired) electrons. The summed E-state index contributed by atoms with van der Waals surface area (Å²) >= 11 is 4.16. The van der Waals surface area contributed by atoms with Crippen LogP contribution in [-0.4, -0.2) is 23.1 Å². The van der Waals surface area contributed by atoms with Crippen molar-refractivity contribution in [2.75, 3.05) is 4.72 Å². The van der Waals surface area contributed by atoms with Crippen LogP contribution in [0.5, 0.6) is 0 Å². The number of amides is 1. The van der Waals surface area contributed by atoms with Crippen molar-refractivity contribution in [3.8, 4) is 0 Å². The molecule has 0 aliphatic carbocycles. The molecule has 12 heteroatoms. The average Bonchev–Trinajstić information content (AvgIpc) is 3.22. The van der Waals surface area contributed by atoms with Gasteiger partial charge in [0.25, 0.3) is 15.9 Å².